The Morgan fingerprint density at radius 2 is 1.79 bits per heavy atom. The Balaban J connectivity index is 1.87. The van der Waals surface area contributed by atoms with E-state index >= 15 is 0 Å². The van der Waals surface area contributed by atoms with Gasteiger partial charge in [-0.15, -0.1) is 0 Å². The van der Waals surface area contributed by atoms with Crippen molar-refractivity contribution in [3.05, 3.63) is 70.0 Å². The molecule has 3 aromatic rings. The Morgan fingerprint density at radius 3 is 2.50 bits per heavy atom. The van der Waals surface area contributed by atoms with Crippen LogP contribution in [0.5, 0.6) is 5.75 Å². The number of hydrogen-bond donors (Lipinski definition) is 2. The van der Waals surface area contributed by atoms with Gasteiger partial charge in [-0.1, -0.05) is 17.7 Å². The highest BCUT2D eigenvalue weighted by molar-refractivity contribution is 6.30. The lowest BCUT2D eigenvalue weighted by molar-refractivity contribution is 0.102. The maximum Gasteiger partial charge on any atom is 0.274 e. The lowest BCUT2D eigenvalue weighted by atomic mass is 10.2. The molecule has 1 amide bonds. The Kier molecular flexibility index (Phi) is 5.80. The molecule has 0 saturated heterocycles. The number of nitrogens with one attached hydrogen (secondary N) is 2. The molecule has 0 saturated carbocycles. The van der Waals surface area contributed by atoms with Crippen LogP contribution in [0.25, 0.3) is 0 Å². The van der Waals surface area contributed by atoms with Gasteiger partial charge in [0.25, 0.3) is 5.91 Å². The quantitative estimate of drug-likeness (QED) is 0.630. The van der Waals surface area contributed by atoms with Gasteiger partial charge in [0, 0.05) is 16.4 Å². The van der Waals surface area contributed by atoms with Crippen molar-refractivity contribution < 1.29 is 9.53 Å². The largest absolute Gasteiger partial charge is 0.495 e. The van der Waals surface area contributed by atoms with E-state index in [0.29, 0.717) is 28.1 Å². The molecule has 2 N–H and O–H groups in total. The highest BCUT2D eigenvalue weighted by atomic mass is 35.5. The lowest BCUT2D eigenvalue weighted by Crippen LogP contribution is -2.16. The topological polar surface area (TPSA) is 76.1 Å². The van der Waals surface area contributed by atoms with E-state index in [1.807, 2.05) is 39.0 Å². The van der Waals surface area contributed by atoms with Crippen molar-refractivity contribution in [2.45, 2.75) is 20.8 Å². The summed E-state index contributed by atoms with van der Waals surface area (Å²) in [6.45, 7) is 5.67. The van der Waals surface area contributed by atoms with Gasteiger partial charge in [-0.05, 0) is 68.3 Å². The minimum atomic E-state index is -0.324. The third kappa shape index (κ3) is 4.58. The SMILES string of the molecule is COc1ccc(C)cc1Nc1nc(C)cc(C(=O)Nc2ccc(Cl)cc2C)n1. The number of amides is 1. The lowest BCUT2D eigenvalue weighted by Gasteiger charge is -2.13. The van der Waals surface area contributed by atoms with E-state index in [2.05, 4.69) is 20.6 Å². The van der Waals surface area contributed by atoms with Crippen molar-refractivity contribution in [3.63, 3.8) is 0 Å². The van der Waals surface area contributed by atoms with Crippen LogP contribution >= 0.6 is 11.6 Å². The zero-order valence-corrected chi connectivity index (χ0v) is 16.9. The van der Waals surface area contributed by atoms with Crippen LogP contribution in [0.3, 0.4) is 0 Å². The number of aromatic nitrogens is 2. The second-order valence-corrected chi connectivity index (χ2v) is 6.90. The molecule has 0 radical (unpaired) electrons. The zero-order valence-electron chi connectivity index (χ0n) is 16.1. The number of carbonyl (C=O) groups excluding carboxylic acids is 1. The number of rotatable bonds is 5. The fraction of sp³-hybridized carbons (Fsp3) is 0.190. The van der Waals surface area contributed by atoms with Gasteiger partial charge in [0.2, 0.25) is 5.95 Å². The molecule has 7 heteroatoms. The molecular weight excluding hydrogens is 376 g/mol. The number of ether oxygens (including phenoxy) is 1. The van der Waals surface area contributed by atoms with Crippen molar-refractivity contribution >= 4 is 34.8 Å². The molecular formula is C21H21ClN4O2. The second kappa shape index (κ2) is 8.27. The molecule has 0 spiro atoms. The molecule has 0 aliphatic rings. The van der Waals surface area contributed by atoms with Crippen molar-refractivity contribution in [2.75, 3.05) is 17.7 Å². The summed E-state index contributed by atoms with van der Waals surface area (Å²) in [4.78, 5) is 21.4. The van der Waals surface area contributed by atoms with Crippen molar-refractivity contribution in [1.29, 1.82) is 0 Å². The number of carbonyl (C=O) groups is 1. The van der Waals surface area contributed by atoms with Crippen LogP contribution < -0.4 is 15.4 Å². The molecule has 0 unspecified atom stereocenters. The Hall–Kier alpha value is -3.12. The van der Waals surface area contributed by atoms with E-state index in [0.717, 1.165) is 16.8 Å². The normalized spacial score (nSPS) is 10.5. The van der Waals surface area contributed by atoms with Gasteiger partial charge in [-0.2, -0.15) is 0 Å². The molecule has 0 aliphatic carbocycles. The maximum absolute atomic E-state index is 12.7. The molecule has 28 heavy (non-hydrogen) atoms. The first-order chi connectivity index (χ1) is 13.4. The number of benzene rings is 2. The summed E-state index contributed by atoms with van der Waals surface area (Å²) in [5.74, 6) is 0.663. The van der Waals surface area contributed by atoms with Crippen LogP contribution in [0, 0.1) is 20.8 Å². The number of methoxy groups -OCH3 is 1. The third-order valence-corrected chi connectivity index (χ3v) is 4.36. The predicted octanol–water partition coefficient (Wildman–Crippen LogP) is 5.06. The van der Waals surface area contributed by atoms with Gasteiger partial charge in [0.05, 0.1) is 12.8 Å². The van der Waals surface area contributed by atoms with E-state index in [4.69, 9.17) is 16.3 Å². The molecule has 2 aromatic carbocycles. The van der Waals surface area contributed by atoms with E-state index < -0.39 is 0 Å². The Labute approximate surface area is 168 Å². The number of nitrogens with zero attached hydrogens (tertiary/aromatic N) is 2. The van der Waals surface area contributed by atoms with Crippen LogP contribution in [-0.2, 0) is 0 Å². The number of aryl methyl sites for hydroxylation is 3. The van der Waals surface area contributed by atoms with Gasteiger partial charge in [-0.3, -0.25) is 4.79 Å². The maximum atomic E-state index is 12.7. The molecule has 6 nitrogen and oxygen atoms in total. The van der Waals surface area contributed by atoms with E-state index in [-0.39, 0.29) is 11.6 Å². The van der Waals surface area contributed by atoms with Gasteiger partial charge in [0.15, 0.2) is 0 Å². The summed E-state index contributed by atoms with van der Waals surface area (Å²) >= 11 is 5.97. The average molecular weight is 397 g/mol. The molecule has 144 valence electrons. The van der Waals surface area contributed by atoms with Crippen LogP contribution in [0.2, 0.25) is 5.02 Å². The number of anilines is 3. The van der Waals surface area contributed by atoms with Crippen LogP contribution in [0.15, 0.2) is 42.5 Å². The summed E-state index contributed by atoms with van der Waals surface area (Å²) in [7, 11) is 1.60. The van der Waals surface area contributed by atoms with Crippen molar-refractivity contribution in [1.82, 2.24) is 9.97 Å². The predicted molar refractivity (Wildman–Crippen MR) is 112 cm³/mol. The number of hydrogen-bond acceptors (Lipinski definition) is 5. The van der Waals surface area contributed by atoms with E-state index in [1.165, 1.54) is 0 Å². The third-order valence-electron chi connectivity index (χ3n) is 4.12. The molecule has 0 fully saturated rings. The van der Waals surface area contributed by atoms with Crippen LogP contribution in [0.4, 0.5) is 17.3 Å². The minimum Gasteiger partial charge on any atom is -0.495 e. The number of halogens is 1. The standard InChI is InChI=1S/C21H21ClN4O2/c1-12-5-8-19(28-4)17(9-12)25-21-23-14(3)11-18(26-21)20(27)24-16-7-6-15(22)10-13(16)2/h5-11H,1-4H3,(H,24,27)(H,23,25,26). The summed E-state index contributed by atoms with van der Waals surface area (Å²) < 4.78 is 5.37. The fourth-order valence-electron chi connectivity index (χ4n) is 2.73. The summed E-state index contributed by atoms with van der Waals surface area (Å²) in [5.41, 5.74) is 4.27. The molecule has 0 aliphatic heterocycles. The van der Waals surface area contributed by atoms with Gasteiger partial charge < -0.3 is 15.4 Å². The zero-order chi connectivity index (χ0) is 20.3. The fourth-order valence-corrected chi connectivity index (χ4v) is 2.96. The van der Waals surface area contributed by atoms with Gasteiger partial charge >= 0.3 is 0 Å². The highest BCUT2D eigenvalue weighted by Crippen LogP contribution is 2.27. The summed E-state index contributed by atoms with van der Waals surface area (Å²) in [5, 5.41) is 6.62. The highest BCUT2D eigenvalue weighted by Gasteiger charge is 2.13. The van der Waals surface area contributed by atoms with Crippen LogP contribution in [0.1, 0.15) is 27.3 Å². The van der Waals surface area contributed by atoms with Gasteiger partial charge in [-0.25, -0.2) is 9.97 Å². The summed E-state index contributed by atoms with van der Waals surface area (Å²) in [6.07, 6.45) is 0. The molecule has 0 bridgehead atoms. The van der Waals surface area contributed by atoms with Gasteiger partial charge in [0.1, 0.15) is 11.4 Å². The van der Waals surface area contributed by atoms with Crippen molar-refractivity contribution in [2.24, 2.45) is 0 Å². The monoisotopic (exact) mass is 396 g/mol. The molecule has 3 rings (SSSR count). The van der Waals surface area contributed by atoms with E-state index in [9.17, 15) is 4.79 Å². The molecule has 0 atom stereocenters. The smallest absolute Gasteiger partial charge is 0.274 e. The van der Waals surface area contributed by atoms with E-state index in [1.54, 1.807) is 31.4 Å². The molecule has 1 aromatic heterocycles. The molecule has 1 heterocycles. The average Bonchev–Trinajstić information content (AvgIpc) is 2.63. The second-order valence-electron chi connectivity index (χ2n) is 6.46. The minimum absolute atomic E-state index is 0.260. The first-order valence-electron chi connectivity index (χ1n) is 8.70. The van der Waals surface area contributed by atoms with Crippen LogP contribution in [-0.4, -0.2) is 23.0 Å². The summed E-state index contributed by atoms with van der Waals surface area (Å²) in [6, 6.07) is 12.7. The first kappa shape index (κ1) is 19.6. The van der Waals surface area contributed by atoms with Crippen molar-refractivity contribution in [3.8, 4) is 5.75 Å². The first-order valence-corrected chi connectivity index (χ1v) is 9.08. The Morgan fingerprint density at radius 1 is 1.00 bits per heavy atom. The Bertz CT molecular complexity index is 1040.